The van der Waals surface area contributed by atoms with E-state index in [1.54, 1.807) is 7.05 Å². The Bertz CT molecular complexity index is 524. The van der Waals surface area contributed by atoms with Crippen molar-refractivity contribution in [3.05, 3.63) is 29.8 Å². The highest BCUT2D eigenvalue weighted by atomic mass is 127. The van der Waals surface area contributed by atoms with Crippen molar-refractivity contribution < 1.29 is 14.3 Å². The van der Waals surface area contributed by atoms with Crippen molar-refractivity contribution in [1.29, 1.82) is 0 Å². The molecule has 0 spiro atoms. The van der Waals surface area contributed by atoms with Crippen LogP contribution in [0.1, 0.15) is 31.7 Å². The summed E-state index contributed by atoms with van der Waals surface area (Å²) in [7, 11) is 3.08. The van der Waals surface area contributed by atoms with E-state index in [9.17, 15) is 4.79 Å². The van der Waals surface area contributed by atoms with Crippen molar-refractivity contribution in [2.45, 2.75) is 32.7 Å². The standard InChI is InChI=1S/C18H30N4O3.HI/c1-4-5-12-25-13-6-11-20-17(19-2)21-14-15-7-9-16(10-8-15)22-18(23)24-3;/h7-10H,4-6,11-14H2,1-3H3,(H,22,23)(H2,19,20,21);1H. The van der Waals surface area contributed by atoms with Crippen LogP contribution in [0, 0.1) is 0 Å². The van der Waals surface area contributed by atoms with Crippen LogP contribution in [0.2, 0.25) is 0 Å². The van der Waals surface area contributed by atoms with Gasteiger partial charge >= 0.3 is 6.09 Å². The minimum Gasteiger partial charge on any atom is -0.453 e. The Kier molecular flexibility index (Phi) is 14.8. The number of nitrogens with zero attached hydrogens (tertiary/aromatic N) is 1. The molecule has 7 nitrogen and oxygen atoms in total. The lowest BCUT2D eigenvalue weighted by Gasteiger charge is -2.12. The van der Waals surface area contributed by atoms with E-state index in [2.05, 4.69) is 32.6 Å². The van der Waals surface area contributed by atoms with Crippen molar-refractivity contribution in [1.82, 2.24) is 10.6 Å². The highest BCUT2D eigenvalue weighted by Gasteiger charge is 2.01. The van der Waals surface area contributed by atoms with E-state index in [4.69, 9.17) is 4.74 Å². The fourth-order valence-corrected chi connectivity index (χ4v) is 2.01. The minimum absolute atomic E-state index is 0. The highest BCUT2D eigenvalue weighted by molar-refractivity contribution is 14.0. The van der Waals surface area contributed by atoms with Gasteiger partial charge in [0, 0.05) is 39.0 Å². The third-order valence-corrected chi connectivity index (χ3v) is 3.47. The van der Waals surface area contributed by atoms with Crippen LogP contribution >= 0.6 is 24.0 Å². The first kappa shape index (κ1) is 24.5. The number of hydrogen-bond donors (Lipinski definition) is 3. The molecular formula is C18H31IN4O3. The SMILES string of the molecule is CCCCOCCCNC(=NC)NCc1ccc(NC(=O)OC)cc1.I. The molecule has 148 valence electrons. The predicted molar refractivity (Wildman–Crippen MR) is 116 cm³/mol. The maximum Gasteiger partial charge on any atom is 0.411 e. The van der Waals surface area contributed by atoms with Crippen LogP contribution in [0.15, 0.2) is 29.3 Å². The molecule has 1 aromatic carbocycles. The van der Waals surface area contributed by atoms with Gasteiger partial charge in [-0.25, -0.2) is 4.79 Å². The van der Waals surface area contributed by atoms with Crippen LogP contribution in [-0.2, 0) is 16.0 Å². The van der Waals surface area contributed by atoms with Gasteiger partial charge in [-0.1, -0.05) is 25.5 Å². The number of benzene rings is 1. The largest absolute Gasteiger partial charge is 0.453 e. The second-order valence-electron chi connectivity index (χ2n) is 5.49. The molecule has 26 heavy (non-hydrogen) atoms. The van der Waals surface area contributed by atoms with Crippen LogP contribution in [0.5, 0.6) is 0 Å². The zero-order valence-corrected chi connectivity index (χ0v) is 18.2. The maximum atomic E-state index is 11.1. The van der Waals surface area contributed by atoms with E-state index in [0.717, 1.165) is 50.5 Å². The monoisotopic (exact) mass is 478 g/mol. The summed E-state index contributed by atoms with van der Waals surface area (Å²) in [6.45, 7) is 5.21. The molecule has 3 N–H and O–H groups in total. The number of ether oxygens (including phenoxy) is 2. The molecule has 0 bridgehead atoms. The van der Waals surface area contributed by atoms with Gasteiger partial charge in [0.05, 0.1) is 7.11 Å². The highest BCUT2D eigenvalue weighted by Crippen LogP contribution is 2.09. The summed E-state index contributed by atoms with van der Waals surface area (Å²) in [5, 5.41) is 9.13. The van der Waals surface area contributed by atoms with Gasteiger partial charge in [0.25, 0.3) is 0 Å². The van der Waals surface area contributed by atoms with E-state index in [-0.39, 0.29) is 24.0 Å². The van der Waals surface area contributed by atoms with Crippen LogP contribution in [0.25, 0.3) is 0 Å². The fraction of sp³-hybridized carbons (Fsp3) is 0.556. The van der Waals surface area contributed by atoms with E-state index < -0.39 is 6.09 Å². The molecule has 0 aromatic heterocycles. The van der Waals surface area contributed by atoms with Crippen molar-refractivity contribution in [3.63, 3.8) is 0 Å². The third-order valence-electron chi connectivity index (χ3n) is 3.47. The van der Waals surface area contributed by atoms with E-state index in [1.165, 1.54) is 7.11 Å². The third kappa shape index (κ3) is 11.1. The summed E-state index contributed by atoms with van der Waals surface area (Å²) in [6.07, 6.45) is 2.74. The molecular weight excluding hydrogens is 447 g/mol. The average molecular weight is 478 g/mol. The summed E-state index contributed by atoms with van der Waals surface area (Å²) in [4.78, 5) is 15.3. The Balaban J connectivity index is 0.00000625. The number of amides is 1. The second kappa shape index (κ2) is 15.7. The molecule has 8 heteroatoms. The number of carbonyl (C=O) groups is 1. The number of anilines is 1. The van der Waals surface area contributed by atoms with Gasteiger partial charge < -0.3 is 20.1 Å². The van der Waals surface area contributed by atoms with Gasteiger partial charge in [0.2, 0.25) is 0 Å². The number of guanidine groups is 1. The van der Waals surface area contributed by atoms with Gasteiger partial charge in [-0.05, 0) is 30.5 Å². The van der Waals surface area contributed by atoms with E-state index >= 15 is 0 Å². The lowest BCUT2D eigenvalue weighted by Crippen LogP contribution is -2.37. The van der Waals surface area contributed by atoms with Crippen LogP contribution in [0.4, 0.5) is 10.5 Å². The lowest BCUT2D eigenvalue weighted by atomic mass is 10.2. The fourth-order valence-electron chi connectivity index (χ4n) is 2.01. The lowest BCUT2D eigenvalue weighted by molar-refractivity contribution is 0.129. The molecule has 0 fully saturated rings. The zero-order chi connectivity index (χ0) is 18.3. The van der Waals surface area contributed by atoms with Crippen molar-refractivity contribution in [2.24, 2.45) is 4.99 Å². The van der Waals surface area contributed by atoms with Crippen molar-refractivity contribution >= 4 is 41.7 Å². The maximum absolute atomic E-state index is 11.1. The molecule has 1 rings (SSSR count). The molecule has 0 aliphatic carbocycles. The number of carbonyl (C=O) groups excluding carboxylic acids is 1. The molecule has 0 radical (unpaired) electrons. The normalized spacial score (nSPS) is 10.7. The number of rotatable bonds is 10. The van der Waals surface area contributed by atoms with E-state index in [1.807, 2.05) is 24.3 Å². The molecule has 0 aliphatic heterocycles. The van der Waals surface area contributed by atoms with Crippen molar-refractivity contribution in [2.75, 3.05) is 39.2 Å². The molecule has 0 aliphatic rings. The van der Waals surface area contributed by atoms with Gasteiger partial charge in [-0.15, -0.1) is 24.0 Å². The second-order valence-corrected chi connectivity index (χ2v) is 5.49. The van der Waals surface area contributed by atoms with Crippen LogP contribution < -0.4 is 16.0 Å². The number of nitrogens with one attached hydrogen (secondary N) is 3. The van der Waals surface area contributed by atoms with Gasteiger partial charge in [-0.2, -0.15) is 0 Å². The van der Waals surface area contributed by atoms with Gasteiger partial charge in [0.15, 0.2) is 5.96 Å². The predicted octanol–water partition coefficient (Wildman–Crippen LogP) is 3.35. The summed E-state index contributed by atoms with van der Waals surface area (Å²) >= 11 is 0. The number of halogens is 1. The molecule has 0 saturated heterocycles. The molecule has 0 heterocycles. The first-order valence-electron chi connectivity index (χ1n) is 8.65. The number of aliphatic imine (C=N–C) groups is 1. The summed E-state index contributed by atoms with van der Waals surface area (Å²) in [5.74, 6) is 0.755. The number of hydrogen-bond acceptors (Lipinski definition) is 4. The minimum atomic E-state index is -0.478. The molecule has 0 saturated carbocycles. The van der Waals surface area contributed by atoms with Gasteiger partial charge in [-0.3, -0.25) is 10.3 Å². The number of unbranched alkanes of at least 4 members (excludes halogenated alkanes) is 1. The summed E-state index contributed by atoms with van der Waals surface area (Å²) < 4.78 is 10.1. The van der Waals surface area contributed by atoms with Crippen LogP contribution in [-0.4, -0.2) is 46.0 Å². The molecule has 1 amide bonds. The molecule has 1 aromatic rings. The first-order chi connectivity index (χ1) is 12.2. The Morgan fingerprint density at radius 1 is 1.12 bits per heavy atom. The summed E-state index contributed by atoms with van der Waals surface area (Å²) in [6, 6.07) is 7.54. The van der Waals surface area contributed by atoms with E-state index in [0.29, 0.717) is 12.2 Å². The molecule has 0 atom stereocenters. The van der Waals surface area contributed by atoms with Crippen LogP contribution in [0.3, 0.4) is 0 Å². The Hall–Kier alpha value is -1.55. The first-order valence-corrected chi connectivity index (χ1v) is 8.65. The Morgan fingerprint density at radius 3 is 2.42 bits per heavy atom. The Morgan fingerprint density at radius 2 is 1.81 bits per heavy atom. The quantitative estimate of drug-likeness (QED) is 0.208. The molecule has 0 unspecified atom stereocenters. The topological polar surface area (TPSA) is 84.0 Å². The summed E-state index contributed by atoms with van der Waals surface area (Å²) in [5.41, 5.74) is 1.78. The Labute approximate surface area is 173 Å². The smallest absolute Gasteiger partial charge is 0.411 e. The van der Waals surface area contributed by atoms with Gasteiger partial charge in [0.1, 0.15) is 0 Å². The number of methoxy groups -OCH3 is 1. The average Bonchev–Trinajstić information content (AvgIpc) is 2.64. The zero-order valence-electron chi connectivity index (χ0n) is 15.8. The van der Waals surface area contributed by atoms with Crippen molar-refractivity contribution in [3.8, 4) is 0 Å².